The van der Waals surface area contributed by atoms with E-state index < -0.39 is 0 Å². The zero-order chi connectivity index (χ0) is 14.4. The molecule has 5 heteroatoms. The first-order valence-corrected chi connectivity index (χ1v) is 6.52. The van der Waals surface area contributed by atoms with E-state index >= 15 is 0 Å². The normalized spacial score (nSPS) is 11.3. The van der Waals surface area contributed by atoms with Crippen LogP contribution < -0.4 is 5.73 Å². The summed E-state index contributed by atoms with van der Waals surface area (Å²) in [5.74, 6) is 0.272. The fourth-order valence-electron chi connectivity index (χ4n) is 2.53. The monoisotopic (exact) mass is 278 g/mol. The summed E-state index contributed by atoms with van der Waals surface area (Å²) in [5.41, 5.74) is 8.13. The molecule has 0 radical (unpaired) electrons. The molecule has 0 bridgehead atoms. The number of rotatable bonds is 1. The molecule has 0 spiro atoms. The number of halogens is 1. The molecule has 0 saturated heterocycles. The lowest BCUT2D eigenvalue weighted by molar-refractivity contribution is 0.640. The zero-order valence-electron chi connectivity index (χ0n) is 11.0. The molecule has 0 aliphatic rings. The van der Waals surface area contributed by atoms with Crippen LogP contribution in [-0.2, 0) is 0 Å². The quantitative estimate of drug-likeness (QED) is 0.581. The van der Waals surface area contributed by atoms with Crippen LogP contribution in [0.15, 0.2) is 54.7 Å². The van der Waals surface area contributed by atoms with Gasteiger partial charge in [-0.3, -0.25) is 0 Å². The molecule has 0 aliphatic heterocycles. The Morgan fingerprint density at radius 2 is 1.81 bits per heavy atom. The number of nitrogens with zero attached hydrogens (tertiary/aromatic N) is 3. The maximum Gasteiger partial charge on any atom is 0.157 e. The van der Waals surface area contributed by atoms with Gasteiger partial charge < -0.3 is 5.73 Å². The first-order chi connectivity index (χ1) is 10.2. The summed E-state index contributed by atoms with van der Waals surface area (Å²) in [7, 11) is 0. The Hall–Kier alpha value is -2.95. The fraction of sp³-hybridized carbons (Fsp3) is 0. The van der Waals surface area contributed by atoms with Crippen molar-refractivity contribution in [2.45, 2.75) is 0 Å². The standard InChI is InChI=1S/C16H11FN4/c17-13-6-5-12(10-3-1-2-4-11(10)13)14-9-16-19-8-7-15(18)21(16)20-14/h1-9H,18H2. The summed E-state index contributed by atoms with van der Waals surface area (Å²) >= 11 is 0. The summed E-state index contributed by atoms with van der Waals surface area (Å²) in [6, 6.07) is 14.1. The molecule has 0 fully saturated rings. The number of hydrogen-bond donors (Lipinski definition) is 1. The van der Waals surface area contributed by atoms with E-state index in [1.165, 1.54) is 6.07 Å². The van der Waals surface area contributed by atoms with E-state index in [0.717, 1.165) is 16.6 Å². The zero-order valence-corrected chi connectivity index (χ0v) is 11.0. The van der Waals surface area contributed by atoms with E-state index in [4.69, 9.17) is 5.73 Å². The van der Waals surface area contributed by atoms with E-state index in [-0.39, 0.29) is 5.82 Å². The molecule has 4 rings (SSSR count). The van der Waals surface area contributed by atoms with Crippen LogP contribution >= 0.6 is 0 Å². The van der Waals surface area contributed by atoms with Crippen LogP contribution in [0.4, 0.5) is 10.2 Å². The van der Waals surface area contributed by atoms with Gasteiger partial charge in [-0.15, -0.1) is 0 Å². The third-order valence-corrected chi connectivity index (χ3v) is 3.53. The molecule has 0 aliphatic carbocycles. The van der Waals surface area contributed by atoms with Crippen molar-refractivity contribution < 1.29 is 4.39 Å². The maximum atomic E-state index is 13.9. The van der Waals surface area contributed by atoms with Gasteiger partial charge in [0, 0.05) is 23.2 Å². The van der Waals surface area contributed by atoms with Crippen molar-refractivity contribution in [3.8, 4) is 11.3 Å². The molecule has 0 atom stereocenters. The Bertz CT molecular complexity index is 975. The first kappa shape index (κ1) is 11.8. The molecule has 4 aromatic rings. The SMILES string of the molecule is Nc1ccnc2cc(-c3ccc(F)c4ccccc34)nn12. The predicted octanol–water partition coefficient (Wildman–Crippen LogP) is 3.27. The van der Waals surface area contributed by atoms with Gasteiger partial charge in [0.25, 0.3) is 0 Å². The van der Waals surface area contributed by atoms with Gasteiger partial charge in [0.1, 0.15) is 11.6 Å². The molecule has 102 valence electrons. The summed E-state index contributed by atoms with van der Waals surface area (Å²) in [6.07, 6.45) is 1.64. The Labute approximate surface area is 119 Å². The Morgan fingerprint density at radius 1 is 1.00 bits per heavy atom. The summed E-state index contributed by atoms with van der Waals surface area (Å²) in [4.78, 5) is 4.23. The van der Waals surface area contributed by atoms with Crippen molar-refractivity contribution in [3.63, 3.8) is 0 Å². The molecular weight excluding hydrogens is 267 g/mol. The highest BCUT2D eigenvalue weighted by Gasteiger charge is 2.11. The smallest absolute Gasteiger partial charge is 0.157 e. The van der Waals surface area contributed by atoms with Gasteiger partial charge in [0.05, 0.1) is 5.69 Å². The number of hydrogen-bond acceptors (Lipinski definition) is 3. The Morgan fingerprint density at radius 3 is 2.62 bits per heavy atom. The number of aromatic nitrogens is 3. The van der Waals surface area contributed by atoms with Gasteiger partial charge in [-0.1, -0.05) is 24.3 Å². The second-order valence-electron chi connectivity index (χ2n) is 4.81. The number of nitrogen functional groups attached to an aromatic ring is 1. The second kappa shape index (κ2) is 4.28. The molecule has 0 unspecified atom stereocenters. The van der Waals surface area contributed by atoms with Crippen LogP contribution in [0.3, 0.4) is 0 Å². The maximum absolute atomic E-state index is 13.9. The first-order valence-electron chi connectivity index (χ1n) is 6.52. The highest BCUT2D eigenvalue weighted by molar-refractivity contribution is 5.96. The summed E-state index contributed by atoms with van der Waals surface area (Å²) in [6.45, 7) is 0. The topological polar surface area (TPSA) is 56.2 Å². The van der Waals surface area contributed by atoms with Crippen LogP contribution in [0.1, 0.15) is 0 Å². The summed E-state index contributed by atoms with van der Waals surface area (Å²) < 4.78 is 15.5. The van der Waals surface area contributed by atoms with Gasteiger partial charge in [0.2, 0.25) is 0 Å². The van der Waals surface area contributed by atoms with E-state index in [1.807, 2.05) is 24.3 Å². The lowest BCUT2D eigenvalue weighted by Gasteiger charge is -2.04. The minimum atomic E-state index is -0.240. The van der Waals surface area contributed by atoms with E-state index in [2.05, 4.69) is 10.1 Å². The molecule has 0 amide bonds. The van der Waals surface area contributed by atoms with E-state index in [9.17, 15) is 4.39 Å². The Kier molecular flexibility index (Phi) is 2.41. The molecular formula is C16H11FN4. The third kappa shape index (κ3) is 1.74. The van der Waals surface area contributed by atoms with Crippen molar-refractivity contribution in [3.05, 3.63) is 60.5 Å². The van der Waals surface area contributed by atoms with Crippen molar-refractivity contribution >= 4 is 22.2 Å². The van der Waals surface area contributed by atoms with Gasteiger partial charge in [0.15, 0.2) is 5.65 Å². The van der Waals surface area contributed by atoms with Crippen LogP contribution in [-0.4, -0.2) is 14.6 Å². The van der Waals surface area contributed by atoms with Crippen molar-refractivity contribution in [2.75, 3.05) is 5.73 Å². The highest BCUT2D eigenvalue weighted by Crippen LogP contribution is 2.30. The van der Waals surface area contributed by atoms with Crippen molar-refractivity contribution in [2.24, 2.45) is 0 Å². The van der Waals surface area contributed by atoms with Gasteiger partial charge in [-0.2, -0.15) is 9.61 Å². The molecule has 2 aromatic heterocycles. The van der Waals surface area contributed by atoms with Crippen LogP contribution in [0, 0.1) is 5.82 Å². The van der Waals surface area contributed by atoms with Gasteiger partial charge >= 0.3 is 0 Å². The second-order valence-corrected chi connectivity index (χ2v) is 4.81. The average molecular weight is 278 g/mol. The molecule has 2 N–H and O–H groups in total. The lowest BCUT2D eigenvalue weighted by atomic mass is 10.0. The van der Waals surface area contributed by atoms with Crippen molar-refractivity contribution in [1.29, 1.82) is 0 Å². The fourth-order valence-corrected chi connectivity index (χ4v) is 2.53. The summed E-state index contributed by atoms with van der Waals surface area (Å²) in [5, 5.41) is 5.86. The third-order valence-electron chi connectivity index (χ3n) is 3.53. The van der Waals surface area contributed by atoms with Gasteiger partial charge in [-0.25, -0.2) is 9.37 Å². The molecule has 2 aromatic carbocycles. The highest BCUT2D eigenvalue weighted by atomic mass is 19.1. The van der Waals surface area contributed by atoms with Crippen LogP contribution in [0.25, 0.3) is 27.7 Å². The predicted molar refractivity (Wildman–Crippen MR) is 80.3 cm³/mol. The minimum Gasteiger partial charge on any atom is -0.384 e. The molecule has 21 heavy (non-hydrogen) atoms. The average Bonchev–Trinajstić information content (AvgIpc) is 2.93. The largest absolute Gasteiger partial charge is 0.384 e. The number of benzene rings is 2. The molecule has 2 heterocycles. The van der Waals surface area contributed by atoms with Gasteiger partial charge in [-0.05, 0) is 23.6 Å². The molecule has 0 saturated carbocycles. The van der Waals surface area contributed by atoms with Crippen LogP contribution in [0.2, 0.25) is 0 Å². The van der Waals surface area contributed by atoms with E-state index in [1.54, 1.807) is 28.9 Å². The Balaban J connectivity index is 2.05. The number of anilines is 1. The number of fused-ring (bicyclic) bond motifs is 2. The number of nitrogens with two attached hydrogens (primary N) is 1. The lowest BCUT2D eigenvalue weighted by Crippen LogP contribution is -1.98. The van der Waals surface area contributed by atoms with Crippen molar-refractivity contribution in [1.82, 2.24) is 14.6 Å². The van der Waals surface area contributed by atoms with E-state index in [0.29, 0.717) is 16.9 Å². The van der Waals surface area contributed by atoms with Crippen LogP contribution in [0.5, 0.6) is 0 Å². The molecule has 4 nitrogen and oxygen atoms in total. The minimum absolute atomic E-state index is 0.240.